The van der Waals surface area contributed by atoms with Crippen molar-refractivity contribution in [2.45, 2.75) is 91.6 Å². The molecule has 3 aromatic heterocycles. The van der Waals surface area contributed by atoms with Gasteiger partial charge < -0.3 is 10.2 Å². The Labute approximate surface area is 210 Å². The molecule has 1 N–H and O–H groups in total. The number of aromatic nitrogens is 4. The Morgan fingerprint density at radius 1 is 1.00 bits per heavy atom. The van der Waals surface area contributed by atoms with Crippen LogP contribution in [-0.2, 0) is 0 Å². The molecule has 3 aromatic rings. The van der Waals surface area contributed by atoms with E-state index in [2.05, 4.69) is 26.3 Å². The first-order valence-electron chi connectivity index (χ1n) is 13.4. The molecule has 0 bridgehead atoms. The van der Waals surface area contributed by atoms with Gasteiger partial charge in [-0.3, -0.25) is 9.98 Å². The first-order chi connectivity index (χ1) is 17.1. The van der Waals surface area contributed by atoms with Crippen LogP contribution in [0.25, 0.3) is 16.8 Å². The molecule has 35 heavy (non-hydrogen) atoms. The molecule has 1 saturated heterocycles. The average molecular weight is 476 g/mol. The number of anilines is 1. The van der Waals surface area contributed by atoms with E-state index < -0.39 is 0 Å². The second kappa shape index (κ2) is 11.8. The van der Waals surface area contributed by atoms with Gasteiger partial charge in [0, 0.05) is 29.6 Å². The summed E-state index contributed by atoms with van der Waals surface area (Å²) in [6, 6.07) is 7.35. The average Bonchev–Trinajstić information content (AvgIpc) is 3.30. The molecule has 0 aromatic carbocycles. The fourth-order valence-electron chi connectivity index (χ4n) is 5.30. The van der Waals surface area contributed by atoms with Gasteiger partial charge in [0.1, 0.15) is 0 Å². The highest BCUT2D eigenvalue weighted by Gasteiger charge is 2.27. The highest BCUT2D eigenvalue weighted by molar-refractivity contribution is 5.83. The molecule has 0 amide bonds. The summed E-state index contributed by atoms with van der Waals surface area (Å²) >= 11 is 0. The Kier molecular flexibility index (Phi) is 8.50. The van der Waals surface area contributed by atoms with Gasteiger partial charge in [0.05, 0.1) is 28.8 Å². The fourth-order valence-corrected chi connectivity index (χ4v) is 5.30. The maximum Gasteiger partial charge on any atom is 0.241 e. The van der Waals surface area contributed by atoms with Gasteiger partial charge in [-0.1, -0.05) is 20.3 Å². The summed E-state index contributed by atoms with van der Waals surface area (Å²) in [6.45, 7) is 12.6. The Morgan fingerprint density at radius 3 is 2.43 bits per heavy atom. The van der Waals surface area contributed by atoms with E-state index in [9.17, 15) is 0 Å². The van der Waals surface area contributed by atoms with E-state index in [0.29, 0.717) is 12.0 Å². The van der Waals surface area contributed by atoms with Crippen molar-refractivity contribution in [3.05, 3.63) is 36.3 Å². The molecule has 4 heterocycles. The molecular weight excluding hydrogens is 434 g/mol. The first kappa shape index (κ1) is 25.3. The predicted octanol–water partition coefficient (Wildman–Crippen LogP) is 6.45. The van der Waals surface area contributed by atoms with E-state index in [0.717, 1.165) is 39.9 Å². The Morgan fingerprint density at radius 2 is 1.74 bits per heavy atom. The van der Waals surface area contributed by atoms with Gasteiger partial charge in [-0.25, -0.2) is 9.50 Å². The number of nitrogens with one attached hydrogen (secondary N) is 1. The molecule has 2 fully saturated rings. The van der Waals surface area contributed by atoms with Crippen LogP contribution in [0.2, 0.25) is 0 Å². The highest BCUT2D eigenvalue weighted by Crippen LogP contribution is 2.29. The summed E-state index contributed by atoms with van der Waals surface area (Å²) in [7, 11) is 0. The van der Waals surface area contributed by atoms with E-state index in [1.165, 1.54) is 58.0 Å². The minimum Gasteiger partial charge on any atom is -0.350 e. The highest BCUT2D eigenvalue weighted by atomic mass is 15.3. The molecule has 1 aliphatic carbocycles. The molecule has 0 unspecified atom stereocenters. The third-order valence-electron chi connectivity index (χ3n) is 7.03. The van der Waals surface area contributed by atoms with Crippen LogP contribution >= 0.6 is 0 Å². The van der Waals surface area contributed by atoms with Gasteiger partial charge in [-0.2, -0.15) is 0 Å². The van der Waals surface area contributed by atoms with E-state index in [1.54, 1.807) is 0 Å². The van der Waals surface area contributed by atoms with Crippen LogP contribution in [0, 0.1) is 6.92 Å². The van der Waals surface area contributed by atoms with Gasteiger partial charge in [-0.05, 0) is 90.6 Å². The van der Waals surface area contributed by atoms with Crippen LogP contribution in [0.15, 0.2) is 35.6 Å². The lowest BCUT2D eigenvalue weighted by atomic mass is 9.89. The number of hydrogen-bond acceptors (Lipinski definition) is 6. The van der Waals surface area contributed by atoms with Crippen LogP contribution in [0.3, 0.4) is 0 Å². The Balaban J connectivity index is 0.00000141. The van der Waals surface area contributed by atoms with Crippen molar-refractivity contribution < 1.29 is 0 Å². The molecule has 0 atom stereocenters. The molecule has 7 nitrogen and oxygen atoms in total. The van der Waals surface area contributed by atoms with E-state index in [4.69, 9.17) is 10.1 Å². The summed E-state index contributed by atoms with van der Waals surface area (Å²) in [4.78, 5) is 16.7. The molecule has 1 saturated carbocycles. The quantitative estimate of drug-likeness (QED) is 0.430. The number of aryl methyl sites for hydroxylation is 1. The van der Waals surface area contributed by atoms with Crippen molar-refractivity contribution in [2.75, 3.05) is 18.4 Å². The van der Waals surface area contributed by atoms with Crippen molar-refractivity contribution in [1.82, 2.24) is 24.5 Å². The number of likely N-dealkylation sites (tertiary alicyclic amines) is 1. The first-order valence-corrected chi connectivity index (χ1v) is 13.4. The molecule has 2 aliphatic rings. The molecule has 1 aliphatic heterocycles. The largest absolute Gasteiger partial charge is 0.350 e. The van der Waals surface area contributed by atoms with Gasteiger partial charge in [0.25, 0.3) is 0 Å². The maximum atomic E-state index is 4.78. The van der Waals surface area contributed by atoms with Crippen molar-refractivity contribution >= 4 is 22.9 Å². The van der Waals surface area contributed by atoms with Crippen LogP contribution < -0.4 is 5.32 Å². The number of fused-ring (bicyclic) bond motifs is 1. The van der Waals surface area contributed by atoms with E-state index >= 15 is 0 Å². The third-order valence-corrected chi connectivity index (χ3v) is 7.03. The van der Waals surface area contributed by atoms with Crippen molar-refractivity contribution in [3.8, 4) is 11.3 Å². The summed E-state index contributed by atoms with van der Waals surface area (Å²) in [5, 5.41) is 8.33. The number of aliphatic imine (C=N–C) groups is 1. The minimum absolute atomic E-state index is 0.456. The lowest BCUT2D eigenvalue weighted by molar-refractivity contribution is 0.127. The third kappa shape index (κ3) is 6.07. The lowest BCUT2D eigenvalue weighted by Crippen LogP contribution is -2.43. The second-order valence-corrected chi connectivity index (χ2v) is 9.75. The lowest BCUT2D eigenvalue weighted by Gasteiger charge is -2.39. The molecule has 188 valence electrons. The zero-order valence-electron chi connectivity index (χ0n) is 22.1. The van der Waals surface area contributed by atoms with Gasteiger partial charge in [0.2, 0.25) is 5.95 Å². The van der Waals surface area contributed by atoms with Crippen molar-refractivity contribution in [3.63, 3.8) is 0 Å². The normalized spacial score (nSPS) is 20.7. The second-order valence-electron chi connectivity index (χ2n) is 9.75. The van der Waals surface area contributed by atoms with Gasteiger partial charge in [-0.15, -0.1) is 5.10 Å². The summed E-state index contributed by atoms with van der Waals surface area (Å²) < 4.78 is 1.91. The van der Waals surface area contributed by atoms with Crippen LogP contribution in [-0.4, -0.2) is 55.4 Å². The molecule has 0 radical (unpaired) electrons. The van der Waals surface area contributed by atoms with E-state index in [1.807, 2.05) is 63.7 Å². The van der Waals surface area contributed by atoms with Crippen LogP contribution in [0.4, 0.5) is 11.6 Å². The van der Waals surface area contributed by atoms with Crippen LogP contribution in [0.1, 0.15) is 78.3 Å². The minimum atomic E-state index is 0.456. The number of piperidine rings is 1. The van der Waals surface area contributed by atoms with Gasteiger partial charge >= 0.3 is 0 Å². The summed E-state index contributed by atoms with van der Waals surface area (Å²) in [5.74, 6) is 0.707. The topological polar surface area (TPSA) is 70.7 Å². The number of nitrogens with zero attached hydrogens (tertiary/aromatic N) is 6. The summed E-state index contributed by atoms with van der Waals surface area (Å²) in [6.07, 6.45) is 13.0. The zero-order chi connectivity index (χ0) is 24.8. The monoisotopic (exact) mass is 475 g/mol. The molecule has 0 spiro atoms. The van der Waals surface area contributed by atoms with Crippen molar-refractivity contribution in [2.24, 2.45) is 4.99 Å². The molecular formula is C28H41N7. The number of hydrogen-bond donors (Lipinski definition) is 1. The number of pyridine rings is 1. The van der Waals surface area contributed by atoms with Gasteiger partial charge in [0.15, 0.2) is 0 Å². The standard InChI is InChI=1S/C26H35N7.C2H6/c1-18(2)28-23-11-12-24(29-19(23)3)22-13-16-33-25(22)17-27-26(31-33)30-20-7-9-21(10-8-20)32-14-5-4-6-15-32;1-2/h11-13,16-17,20-21H,4-10,14-15H2,1-3H3,(H,30,31);1-2H3. The number of rotatable bonds is 5. The molecule has 7 heteroatoms. The summed E-state index contributed by atoms with van der Waals surface area (Å²) in [5.41, 5.74) is 5.78. The van der Waals surface area contributed by atoms with Crippen LogP contribution in [0.5, 0.6) is 0 Å². The maximum absolute atomic E-state index is 4.78. The fraction of sp³-hybridized carbons (Fsp3) is 0.571. The van der Waals surface area contributed by atoms with E-state index in [-0.39, 0.29) is 0 Å². The predicted molar refractivity (Wildman–Crippen MR) is 146 cm³/mol. The van der Waals surface area contributed by atoms with Crippen molar-refractivity contribution in [1.29, 1.82) is 0 Å². The zero-order valence-corrected chi connectivity index (χ0v) is 22.1. The Hall–Kier alpha value is -2.80. The SMILES string of the molecule is CC.CC(C)=Nc1ccc(-c2ccn3nc(NC4CCC(N5CCCCC5)CC4)ncc23)nc1C. The smallest absolute Gasteiger partial charge is 0.241 e. The molecule has 5 rings (SSSR count). The Bertz CT molecular complexity index is 1130.